The van der Waals surface area contributed by atoms with Gasteiger partial charge in [-0.25, -0.2) is 0 Å². The van der Waals surface area contributed by atoms with Gasteiger partial charge in [0.1, 0.15) is 5.84 Å². The minimum atomic E-state index is -0.931. The number of carboxylic acids is 1. The molecule has 8 nitrogen and oxygen atoms in total. The van der Waals surface area contributed by atoms with Crippen molar-refractivity contribution >= 4 is 11.8 Å². The molecule has 0 aliphatic rings. The van der Waals surface area contributed by atoms with Crippen LogP contribution in [0.5, 0.6) is 0 Å². The van der Waals surface area contributed by atoms with Crippen LogP contribution < -0.4 is 11.5 Å². The highest BCUT2D eigenvalue weighted by atomic mass is 16.4. The molecule has 0 bridgehead atoms. The molecule has 0 aliphatic heterocycles. The second-order valence-electron chi connectivity index (χ2n) is 6.62. The number of nitrogens with two attached hydrogens (primary N) is 2. The number of aliphatic carboxylic acids is 1. The van der Waals surface area contributed by atoms with Crippen LogP contribution in [0.2, 0.25) is 0 Å². The van der Waals surface area contributed by atoms with E-state index in [-0.39, 0.29) is 5.84 Å². The van der Waals surface area contributed by atoms with Crippen molar-refractivity contribution < 1.29 is 9.90 Å². The number of carboxylic acid groups (broad SMARTS) is 1. The summed E-state index contributed by atoms with van der Waals surface area (Å²) >= 11 is 0. The number of amidine groups is 1. The first kappa shape index (κ1) is 21.2. The van der Waals surface area contributed by atoms with Gasteiger partial charge in [0.25, 0.3) is 0 Å². The van der Waals surface area contributed by atoms with Crippen LogP contribution in [0.1, 0.15) is 30.9 Å². The number of nitrogens with one attached hydrogen (secondary N) is 1. The highest BCUT2D eigenvalue weighted by molar-refractivity contribution is 5.87. The Balaban J connectivity index is 2.24. The molecular formula is C20H26N6O2. The van der Waals surface area contributed by atoms with Gasteiger partial charge in [-0.05, 0) is 30.0 Å². The minimum absolute atomic E-state index is 0.0531. The van der Waals surface area contributed by atoms with Crippen molar-refractivity contribution in [2.45, 2.75) is 32.7 Å². The lowest BCUT2D eigenvalue weighted by molar-refractivity contribution is -0.143. The SMILES string of the molecule is CCCC(C(=O)O)C(Cc1ccc(-c2ccc(CN)cc2)nc1)C(N)=NN=N. The van der Waals surface area contributed by atoms with Gasteiger partial charge in [-0.1, -0.05) is 48.9 Å². The number of carbonyl (C=O) groups is 1. The fourth-order valence-electron chi connectivity index (χ4n) is 3.17. The molecule has 0 amide bonds. The molecule has 2 rings (SSSR count). The van der Waals surface area contributed by atoms with Crippen molar-refractivity contribution in [2.75, 3.05) is 0 Å². The van der Waals surface area contributed by atoms with E-state index in [1.807, 2.05) is 43.3 Å². The van der Waals surface area contributed by atoms with Crippen LogP contribution in [0, 0.1) is 17.4 Å². The van der Waals surface area contributed by atoms with E-state index in [9.17, 15) is 9.90 Å². The van der Waals surface area contributed by atoms with Gasteiger partial charge in [0.05, 0.1) is 11.6 Å². The summed E-state index contributed by atoms with van der Waals surface area (Å²) in [4.78, 5) is 16.2. The zero-order valence-electron chi connectivity index (χ0n) is 15.9. The quantitative estimate of drug-likeness (QED) is 0.215. The maximum atomic E-state index is 11.7. The van der Waals surface area contributed by atoms with Crippen molar-refractivity contribution in [2.24, 2.45) is 33.6 Å². The summed E-state index contributed by atoms with van der Waals surface area (Å²) in [5.41, 5.74) is 22.1. The fourth-order valence-corrected chi connectivity index (χ4v) is 3.17. The Bertz CT molecular complexity index is 818. The third-order valence-electron chi connectivity index (χ3n) is 4.71. The molecule has 2 unspecified atom stereocenters. The molecule has 8 heteroatoms. The van der Waals surface area contributed by atoms with Crippen LogP contribution >= 0.6 is 0 Å². The maximum Gasteiger partial charge on any atom is 0.307 e. The van der Waals surface area contributed by atoms with Gasteiger partial charge in [-0.15, -0.1) is 5.10 Å². The van der Waals surface area contributed by atoms with E-state index < -0.39 is 17.8 Å². The van der Waals surface area contributed by atoms with Gasteiger partial charge in [-0.2, -0.15) is 5.53 Å². The lowest BCUT2D eigenvalue weighted by Crippen LogP contribution is -2.36. The molecule has 0 saturated heterocycles. The van der Waals surface area contributed by atoms with Crippen LogP contribution in [0.25, 0.3) is 11.3 Å². The molecule has 0 spiro atoms. The first-order valence-electron chi connectivity index (χ1n) is 9.17. The molecule has 0 saturated carbocycles. The summed E-state index contributed by atoms with van der Waals surface area (Å²) in [5.74, 6) is -2.13. The van der Waals surface area contributed by atoms with Crippen LogP contribution in [-0.2, 0) is 17.8 Å². The Morgan fingerprint density at radius 3 is 2.36 bits per heavy atom. The van der Waals surface area contributed by atoms with Crippen molar-refractivity contribution in [3.05, 3.63) is 53.7 Å². The smallest absolute Gasteiger partial charge is 0.307 e. The average Bonchev–Trinajstić information content (AvgIpc) is 2.71. The van der Waals surface area contributed by atoms with Crippen LogP contribution in [-0.4, -0.2) is 21.9 Å². The first-order chi connectivity index (χ1) is 13.5. The van der Waals surface area contributed by atoms with E-state index in [0.29, 0.717) is 25.8 Å². The van der Waals surface area contributed by atoms with Crippen LogP contribution in [0.4, 0.5) is 0 Å². The van der Waals surface area contributed by atoms with E-state index >= 15 is 0 Å². The van der Waals surface area contributed by atoms with Gasteiger partial charge >= 0.3 is 5.97 Å². The summed E-state index contributed by atoms with van der Waals surface area (Å²) in [6.07, 6.45) is 3.25. The van der Waals surface area contributed by atoms with Crippen molar-refractivity contribution in [1.82, 2.24) is 4.98 Å². The third kappa shape index (κ3) is 5.43. The molecule has 1 heterocycles. The molecule has 1 aromatic heterocycles. The van der Waals surface area contributed by atoms with E-state index in [4.69, 9.17) is 17.0 Å². The van der Waals surface area contributed by atoms with E-state index in [0.717, 1.165) is 22.4 Å². The molecule has 0 fully saturated rings. The fraction of sp³-hybridized carbons (Fsp3) is 0.350. The minimum Gasteiger partial charge on any atom is -0.481 e. The Morgan fingerprint density at radius 1 is 1.18 bits per heavy atom. The number of hydrogen-bond acceptors (Lipinski definition) is 5. The van der Waals surface area contributed by atoms with Crippen molar-refractivity contribution in [3.63, 3.8) is 0 Å². The zero-order chi connectivity index (χ0) is 20.5. The molecule has 1 aromatic carbocycles. The topological polar surface area (TPSA) is 151 Å². The number of pyridine rings is 1. The molecule has 28 heavy (non-hydrogen) atoms. The van der Waals surface area contributed by atoms with Crippen LogP contribution in [0.3, 0.4) is 0 Å². The molecule has 6 N–H and O–H groups in total. The zero-order valence-corrected chi connectivity index (χ0v) is 15.9. The third-order valence-corrected chi connectivity index (χ3v) is 4.71. The van der Waals surface area contributed by atoms with Gasteiger partial charge < -0.3 is 16.6 Å². The normalized spacial score (nSPS) is 13.7. The summed E-state index contributed by atoms with van der Waals surface area (Å²) in [6.45, 7) is 2.41. The molecule has 0 radical (unpaired) electrons. The number of hydrogen-bond donors (Lipinski definition) is 4. The second kappa shape index (κ2) is 10.3. The Morgan fingerprint density at radius 2 is 1.86 bits per heavy atom. The molecule has 0 aliphatic carbocycles. The molecule has 2 aromatic rings. The first-order valence-corrected chi connectivity index (χ1v) is 9.17. The summed E-state index contributed by atoms with van der Waals surface area (Å²) in [7, 11) is 0. The lowest BCUT2D eigenvalue weighted by Gasteiger charge is -2.22. The van der Waals surface area contributed by atoms with Crippen LogP contribution in [0.15, 0.2) is 52.9 Å². The van der Waals surface area contributed by atoms with Crippen molar-refractivity contribution in [3.8, 4) is 11.3 Å². The average molecular weight is 382 g/mol. The summed E-state index contributed by atoms with van der Waals surface area (Å²) in [6, 6.07) is 11.7. The maximum absolute atomic E-state index is 11.7. The highest BCUT2D eigenvalue weighted by Crippen LogP contribution is 2.24. The van der Waals surface area contributed by atoms with E-state index in [2.05, 4.69) is 15.3 Å². The van der Waals surface area contributed by atoms with Crippen molar-refractivity contribution in [1.29, 1.82) is 5.53 Å². The van der Waals surface area contributed by atoms with Gasteiger partial charge in [0.15, 0.2) is 0 Å². The summed E-state index contributed by atoms with van der Waals surface area (Å²) in [5, 5.41) is 16.1. The van der Waals surface area contributed by atoms with Gasteiger partial charge in [-0.3, -0.25) is 9.78 Å². The van der Waals surface area contributed by atoms with E-state index in [1.54, 1.807) is 6.20 Å². The molecule has 148 valence electrons. The predicted octanol–water partition coefficient (Wildman–Crippen LogP) is 3.17. The van der Waals surface area contributed by atoms with Gasteiger partial charge in [0.2, 0.25) is 0 Å². The number of nitrogens with zero attached hydrogens (tertiary/aromatic N) is 3. The van der Waals surface area contributed by atoms with Gasteiger partial charge in [0, 0.05) is 24.2 Å². The Kier molecular flexibility index (Phi) is 7.76. The standard InChI is InChI=1S/C20H26N6O2/c1-2-3-16(20(27)28)17(19(22)25-26-23)10-14-6-9-18(24-12-14)15-7-4-13(11-21)5-8-15/h4-9,12,16-17H,2-3,10-11,21H2,1H3,(H,27,28)(H3,22,23,25). The Labute approximate surface area is 164 Å². The van der Waals surface area contributed by atoms with E-state index in [1.165, 1.54) is 0 Å². The molecule has 2 atom stereocenters. The number of aromatic nitrogens is 1. The second-order valence-corrected chi connectivity index (χ2v) is 6.62. The number of rotatable bonds is 10. The monoisotopic (exact) mass is 382 g/mol. The number of benzene rings is 1. The predicted molar refractivity (Wildman–Crippen MR) is 108 cm³/mol. The largest absolute Gasteiger partial charge is 0.481 e. The lowest BCUT2D eigenvalue weighted by atomic mass is 9.83. The Hall–Kier alpha value is -3.13. The highest BCUT2D eigenvalue weighted by Gasteiger charge is 2.30. The molecular weight excluding hydrogens is 356 g/mol. The summed E-state index contributed by atoms with van der Waals surface area (Å²) < 4.78 is 0.